The molecule has 3 N–H and O–H groups in total. The Bertz CT molecular complexity index is 389. The van der Waals surface area contributed by atoms with E-state index in [0.717, 1.165) is 5.56 Å². The summed E-state index contributed by atoms with van der Waals surface area (Å²) in [6.07, 6.45) is 0.753. The maximum atomic E-state index is 11.9. The van der Waals surface area contributed by atoms with E-state index in [-0.39, 0.29) is 17.8 Å². The van der Waals surface area contributed by atoms with E-state index in [9.17, 15) is 4.79 Å². The molecule has 6 heteroatoms. The number of carbonyl (C=O) groups is 1. The smallest absolute Gasteiger partial charge is 0.227 e. The molecule has 1 rings (SSSR count). The zero-order valence-corrected chi connectivity index (χ0v) is 10.8. The zero-order chi connectivity index (χ0) is 12.8. The van der Waals surface area contributed by atoms with Gasteiger partial charge in [0.1, 0.15) is 5.84 Å². The minimum Gasteiger partial charge on any atom is -0.409 e. The van der Waals surface area contributed by atoms with Crippen LogP contribution in [0.4, 0.5) is 0 Å². The molecular weight excluding hydrogens is 238 g/mol. The summed E-state index contributed by atoms with van der Waals surface area (Å²) in [5.41, 5.74) is 6.43. The van der Waals surface area contributed by atoms with Gasteiger partial charge in [-0.3, -0.25) is 4.79 Å². The van der Waals surface area contributed by atoms with Gasteiger partial charge in [0.05, 0.1) is 6.42 Å². The summed E-state index contributed by atoms with van der Waals surface area (Å²) in [5.74, 6) is 0.161. The van der Waals surface area contributed by atoms with Gasteiger partial charge < -0.3 is 15.8 Å². The van der Waals surface area contributed by atoms with Crippen LogP contribution in [0.2, 0.25) is 0 Å². The Morgan fingerprint density at radius 3 is 2.94 bits per heavy atom. The van der Waals surface area contributed by atoms with E-state index in [0.29, 0.717) is 12.8 Å². The van der Waals surface area contributed by atoms with Crippen molar-refractivity contribution in [1.82, 2.24) is 4.90 Å². The standard InChI is InChI=1S/C11H17N3O2S/c1-8(5-10(12)13-16)14(2)11(15)6-9-3-4-17-7-9/h3-4,7-8,16H,5-6H2,1-2H3,(H2,12,13). The van der Waals surface area contributed by atoms with Crippen molar-refractivity contribution in [3.8, 4) is 0 Å². The number of amides is 1. The molecule has 0 aliphatic heterocycles. The van der Waals surface area contributed by atoms with Crippen LogP contribution >= 0.6 is 11.3 Å². The molecular formula is C11H17N3O2S. The quantitative estimate of drug-likeness (QED) is 0.360. The largest absolute Gasteiger partial charge is 0.409 e. The number of thiophene rings is 1. The van der Waals surface area contributed by atoms with E-state index in [1.807, 2.05) is 23.8 Å². The van der Waals surface area contributed by atoms with Crippen LogP contribution in [-0.4, -0.2) is 34.9 Å². The van der Waals surface area contributed by atoms with Crippen LogP contribution in [0, 0.1) is 0 Å². The molecule has 0 aliphatic carbocycles. The summed E-state index contributed by atoms with van der Waals surface area (Å²) in [6, 6.07) is 1.85. The van der Waals surface area contributed by atoms with Crippen molar-refractivity contribution < 1.29 is 10.0 Å². The Labute approximate surface area is 105 Å². The second kappa shape index (κ2) is 6.24. The Morgan fingerprint density at radius 1 is 1.71 bits per heavy atom. The van der Waals surface area contributed by atoms with Gasteiger partial charge in [-0.15, -0.1) is 0 Å². The van der Waals surface area contributed by atoms with Gasteiger partial charge in [-0.2, -0.15) is 11.3 Å². The molecule has 1 unspecified atom stereocenters. The van der Waals surface area contributed by atoms with Crippen molar-refractivity contribution in [3.63, 3.8) is 0 Å². The first-order valence-corrected chi connectivity index (χ1v) is 6.22. The third kappa shape index (κ3) is 4.07. The maximum Gasteiger partial charge on any atom is 0.227 e. The van der Waals surface area contributed by atoms with Gasteiger partial charge in [0.2, 0.25) is 5.91 Å². The number of hydrogen-bond acceptors (Lipinski definition) is 4. The predicted octanol–water partition coefficient (Wildman–Crippen LogP) is 1.27. The lowest BCUT2D eigenvalue weighted by Gasteiger charge is -2.24. The van der Waals surface area contributed by atoms with Gasteiger partial charge in [-0.25, -0.2) is 0 Å². The van der Waals surface area contributed by atoms with Crippen molar-refractivity contribution in [2.24, 2.45) is 10.9 Å². The van der Waals surface area contributed by atoms with Crippen LogP contribution in [0.15, 0.2) is 22.0 Å². The number of nitrogens with zero attached hydrogens (tertiary/aromatic N) is 2. The molecule has 0 aliphatic rings. The van der Waals surface area contributed by atoms with Crippen LogP contribution in [0.5, 0.6) is 0 Å². The average Bonchev–Trinajstić information content (AvgIpc) is 2.80. The molecule has 1 amide bonds. The molecule has 0 spiro atoms. The van der Waals surface area contributed by atoms with Gasteiger partial charge >= 0.3 is 0 Å². The fourth-order valence-electron chi connectivity index (χ4n) is 1.42. The predicted molar refractivity (Wildman–Crippen MR) is 68.3 cm³/mol. The minimum absolute atomic E-state index is 0.0293. The Balaban J connectivity index is 2.51. The van der Waals surface area contributed by atoms with E-state index in [1.165, 1.54) is 0 Å². The lowest BCUT2D eigenvalue weighted by Crippen LogP contribution is -2.38. The number of hydrogen-bond donors (Lipinski definition) is 2. The van der Waals surface area contributed by atoms with E-state index in [1.54, 1.807) is 23.3 Å². The minimum atomic E-state index is -0.0861. The molecule has 1 aromatic rings. The monoisotopic (exact) mass is 255 g/mol. The second-order valence-electron chi connectivity index (χ2n) is 3.96. The van der Waals surface area contributed by atoms with E-state index < -0.39 is 0 Å². The fraction of sp³-hybridized carbons (Fsp3) is 0.455. The third-order valence-electron chi connectivity index (χ3n) is 2.62. The summed E-state index contributed by atoms with van der Waals surface area (Å²) in [6.45, 7) is 1.86. The SMILES string of the molecule is CC(CC(N)=NO)N(C)C(=O)Cc1ccsc1. The second-order valence-corrected chi connectivity index (χ2v) is 4.74. The molecule has 1 atom stereocenters. The normalized spacial score (nSPS) is 13.4. The van der Waals surface area contributed by atoms with Gasteiger partial charge in [-0.05, 0) is 29.3 Å². The molecule has 0 fully saturated rings. The highest BCUT2D eigenvalue weighted by Crippen LogP contribution is 2.10. The number of rotatable bonds is 5. The van der Waals surface area contributed by atoms with Crippen LogP contribution in [0.1, 0.15) is 18.9 Å². The van der Waals surface area contributed by atoms with Crippen molar-refractivity contribution >= 4 is 23.1 Å². The first-order valence-electron chi connectivity index (χ1n) is 5.27. The fourth-order valence-corrected chi connectivity index (χ4v) is 2.09. The first kappa shape index (κ1) is 13.5. The highest BCUT2D eigenvalue weighted by atomic mass is 32.1. The molecule has 0 radical (unpaired) electrons. The highest BCUT2D eigenvalue weighted by Gasteiger charge is 2.17. The molecule has 0 bridgehead atoms. The van der Waals surface area contributed by atoms with Crippen molar-refractivity contribution in [1.29, 1.82) is 0 Å². The summed E-state index contributed by atoms with van der Waals surface area (Å²) >= 11 is 1.57. The summed E-state index contributed by atoms with van der Waals surface area (Å²) in [5, 5.41) is 15.3. The molecule has 0 saturated carbocycles. The number of carbonyl (C=O) groups excluding carboxylic acids is 1. The summed E-state index contributed by atoms with van der Waals surface area (Å²) < 4.78 is 0. The van der Waals surface area contributed by atoms with Gasteiger partial charge in [0, 0.05) is 19.5 Å². The van der Waals surface area contributed by atoms with Crippen molar-refractivity contribution in [2.45, 2.75) is 25.8 Å². The van der Waals surface area contributed by atoms with Crippen LogP contribution < -0.4 is 5.73 Å². The lowest BCUT2D eigenvalue weighted by molar-refractivity contribution is -0.130. The Morgan fingerprint density at radius 2 is 2.41 bits per heavy atom. The summed E-state index contributed by atoms with van der Waals surface area (Å²) in [4.78, 5) is 13.5. The van der Waals surface area contributed by atoms with E-state index in [4.69, 9.17) is 10.9 Å². The average molecular weight is 255 g/mol. The van der Waals surface area contributed by atoms with Crippen LogP contribution in [0.3, 0.4) is 0 Å². The Hall–Kier alpha value is -1.56. The molecule has 94 valence electrons. The van der Waals surface area contributed by atoms with Gasteiger partial charge in [0.15, 0.2) is 0 Å². The van der Waals surface area contributed by atoms with Crippen molar-refractivity contribution in [2.75, 3.05) is 7.05 Å². The lowest BCUT2D eigenvalue weighted by atomic mass is 10.1. The third-order valence-corrected chi connectivity index (χ3v) is 3.36. The molecule has 5 nitrogen and oxygen atoms in total. The Kier molecular flexibility index (Phi) is 4.96. The number of likely N-dealkylation sites (N-methyl/N-ethyl adjacent to an activating group) is 1. The number of oxime groups is 1. The molecule has 17 heavy (non-hydrogen) atoms. The molecule has 1 aromatic heterocycles. The van der Waals surface area contributed by atoms with Crippen molar-refractivity contribution in [3.05, 3.63) is 22.4 Å². The van der Waals surface area contributed by atoms with Crippen LogP contribution in [-0.2, 0) is 11.2 Å². The highest BCUT2D eigenvalue weighted by molar-refractivity contribution is 7.07. The molecule has 1 heterocycles. The number of nitrogens with two attached hydrogens (primary N) is 1. The molecule has 0 saturated heterocycles. The number of amidine groups is 1. The molecule has 0 aromatic carbocycles. The van der Waals surface area contributed by atoms with E-state index >= 15 is 0 Å². The first-order chi connectivity index (χ1) is 8.04. The van der Waals surface area contributed by atoms with Gasteiger partial charge in [0.25, 0.3) is 0 Å². The van der Waals surface area contributed by atoms with Crippen LogP contribution in [0.25, 0.3) is 0 Å². The topological polar surface area (TPSA) is 78.9 Å². The maximum absolute atomic E-state index is 11.9. The van der Waals surface area contributed by atoms with E-state index in [2.05, 4.69) is 5.16 Å². The van der Waals surface area contributed by atoms with Gasteiger partial charge in [-0.1, -0.05) is 5.16 Å². The zero-order valence-electron chi connectivity index (χ0n) is 9.96. The summed E-state index contributed by atoms with van der Waals surface area (Å²) in [7, 11) is 1.73.